The summed E-state index contributed by atoms with van der Waals surface area (Å²) in [6, 6.07) is 12.8. The molecule has 1 aliphatic heterocycles. The number of nitrogens with zero attached hydrogens (tertiary/aromatic N) is 2. The molecule has 0 saturated heterocycles. The summed E-state index contributed by atoms with van der Waals surface area (Å²) < 4.78 is 10.7. The highest BCUT2D eigenvalue weighted by Crippen LogP contribution is 2.37. The topological polar surface area (TPSA) is 84.2 Å². The number of fused-ring (bicyclic) bond motifs is 1. The number of nitrogens with one attached hydrogen (secondary N) is 1. The summed E-state index contributed by atoms with van der Waals surface area (Å²) in [5, 5.41) is 15.7. The molecule has 8 heteroatoms. The van der Waals surface area contributed by atoms with E-state index in [0.717, 1.165) is 11.3 Å². The first-order valence-electron chi connectivity index (χ1n) is 8.58. The van der Waals surface area contributed by atoms with Gasteiger partial charge in [0.15, 0.2) is 17.3 Å². The SMILES string of the molecule is CC(=O)c1cc2c(cc1N/C=C(\C#N)c1nc(-c3ccc(Cl)cc3)cs1)OCO2. The van der Waals surface area contributed by atoms with E-state index in [0.29, 0.717) is 38.4 Å². The van der Waals surface area contributed by atoms with Crippen molar-refractivity contribution in [2.45, 2.75) is 6.92 Å². The van der Waals surface area contributed by atoms with Gasteiger partial charge in [0.1, 0.15) is 16.6 Å². The van der Waals surface area contributed by atoms with Crippen LogP contribution in [0.25, 0.3) is 16.8 Å². The number of rotatable bonds is 5. The first kappa shape index (κ1) is 19.0. The summed E-state index contributed by atoms with van der Waals surface area (Å²) in [5.41, 5.74) is 3.00. The molecule has 0 amide bonds. The van der Waals surface area contributed by atoms with Crippen LogP contribution >= 0.6 is 22.9 Å². The Labute approximate surface area is 176 Å². The lowest BCUT2D eigenvalue weighted by atomic mass is 10.1. The van der Waals surface area contributed by atoms with E-state index in [9.17, 15) is 10.1 Å². The van der Waals surface area contributed by atoms with Crippen LogP contribution in [0, 0.1) is 11.3 Å². The van der Waals surface area contributed by atoms with Gasteiger partial charge >= 0.3 is 0 Å². The largest absolute Gasteiger partial charge is 0.454 e. The van der Waals surface area contributed by atoms with Crippen LogP contribution in [0.3, 0.4) is 0 Å². The molecule has 1 N–H and O–H groups in total. The molecule has 2 heterocycles. The molecule has 0 bridgehead atoms. The molecule has 0 unspecified atom stereocenters. The zero-order valence-electron chi connectivity index (χ0n) is 15.2. The number of anilines is 1. The van der Waals surface area contributed by atoms with Gasteiger partial charge in [-0.15, -0.1) is 11.3 Å². The standard InChI is InChI=1S/C21H14ClN3O3S/c1-12(26)16-6-19-20(28-11-27-19)7-17(16)24-9-14(8-23)21-25-18(10-29-21)13-2-4-15(22)5-3-13/h2-7,9-10,24H,11H2,1H3/b14-9+. The monoisotopic (exact) mass is 423 g/mol. The first-order chi connectivity index (χ1) is 14.0. The van der Waals surface area contributed by atoms with E-state index in [-0.39, 0.29) is 12.6 Å². The molecule has 2 aromatic carbocycles. The van der Waals surface area contributed by atoms with Crippen molar-refractivity contribution in [3.8, 4) is 28.8 Å². The van der Waals surface area contributed by atoms with Gasteiger partial charge in [-0.3, -0.25) is 4.79 Å². The highest BCUT2D eigenvalue weighted by molar-refractivity contribution is 7.11. The molecule has 4 rings (SSSR count). The maximum absolute atomic E-state index is 12.0. The minimum Gasteiger partial charge on any atom is -0.454 e. The summed E-state index contributed by atoms with van der Waals surface area (Å²) in [4.78, 5) is 16.5. The lowest BCUT2D eigenvalue weighted by Crippen LogP contribution is -2.00. The van der Waals surface area contributed by atoms with Crippen LogP contribution in [0.2, 0.25) is 5.02 Å². The lowest BCUT2D eigenvalue weighted by Gasteiger charge is -2.08. The van der Waals surface area contributed by atoms with E-state index in [1.807, 2.05) is 17.5 Å². The van der Waals surface area contributed by atoms with Crippen molar-refractivity contribution in [1.29, 1.82) is 5.26 Å². The molecule has 0 radical (unpaired) electrons. The number of nitriles is 1. The molecular weight excluding hydrogens is 410 g/mol. The molecule has 6 nitrogen and oxygen atoms in total. The number of benzene rings is 2. The third kappa shape index (κ3) is 3.94. The van der Waals surface area contributed by atoms with Gasteiger partial charge in [-0.1, -0.05) is 23.7 Å². The van der Waals surface area contributed by atoms with Crippen molar-refractivity contribution in [2.24, 2.45) is 0 Å². The van der Waals surface area contributed by atoms with E-state index >= 15 is 0 Å². The van der Waals surface area contributed by atoms with Crippen molar-refractivity contribution < 1.29 is 14.3 Å². The van der Waals surface area contributed by atoms with Gasteiger partial charge in [0, 0.05) is 33.8 Å². The molecule has 29 heavy (non-hydrogen) atoms. The number of hydrogen-bond acceptors (Lipinski definition) is 7. The third-order valence-electron chi connectivity index (χ3n) is 4.26. The van der Waals surface area contributed by atoms with Crippen molar-refractivity contribution in [1.82, 2.24) is 4.98 Å². The fraction of sp³-hybridized carbons (Fsp3) is 0.0952. The Hall–Kier alpha value is -3.34. The predicted octanol–water partition coefficient (Wildman–Crippen LogP) is 5.37. The minimum atomic E-state index is -0.128. The number of ether oxygens (including phenoxy) is 2. The van der Waals surface area contributed by atoms with Crippen molar-refractivity contribution in [2.75, 3.05) is 12.1 Å². The van der Waals surface area contributed by atoms with Gasteiger partial charge in [0.2, 0.25) is 6.79 Å². The molecule has 0 saturated carbocycles. The van der Waals surface area contributed by atoms with Crippen LogP contribution in [-0.4, -0.2) is 17.6 Å². The fourth-order valence-electron chi connectivity index (χ4n) is 2.80. The Bertz CT molecular complexity index is 1160. The van der Waals surface area contributed by atoms with Crippen LogP contribution in [-0.2, 0) is 0 Å². The number of hydrogen-bond donors (Lipinski definition) is 1. The van der Waals surface area contributed by atoms with E-state index in [2.05, 4.69) is 16.4 Å². The van der Waals surface area contributed by atoms with E-state index in [1.54, 1.807) is 24.3 Å². The molecule has 1 aromatic heterocycles. The maximum Gasteiger partial charge on any atom is 0.231 e. The molecule has 1 aliphatic rings. The van der Waals surface area contributed by atoms with Crippen molar-refractivity contribution in [3.05, 3.63) is 63.6 Å². The zero-order valence-corrected chi connectivity index (χ0v) is 16.8. The molecule has 144 valence electrons. The quantitative estimate of drug-likeness (QED) is 0.438. The van der Waals surface area contributed by atoms with Crippen LogP contribution in [0.4, 0.5) is 5.69 Å². The first-order valence-corrected chi connectivity index (χ1v) is 9.84. The highest BCUT2D eigenvalue weighted by Gasteiger charge is 2.19. The maximum atomic E-state index is 12.0. The molecule has 0 fully saturated rings. The van der Waals surface area contributed by atoms with Crippen molar-refractivity contribution in [3.63, 3.8) is 0 Å². The van der Waals surface area contributed by atoms with E-state index in [1.165, 1.54) is 24.5 Å². The second-order valence-electron chi connectivity index (χ2n) is 6.17. The normalized spacial score (nSPS) is 12.5. The van der Waals surface area contributed by atoms with Crippen molar-refractivity contribution >= 4 is 40.0 Å². The second-order valence-corrected chi connectivity index (χ2v) is 7.46. The number of halogens is 1. The lowest BCUT2D eigenvalue weighted by molar-refractivity contribution is 0.101. The minimum absolute atomic E-state index is 0.113. The zero-order chi connectivity index (χ0) is 20.4. The molecular formula is C21H14ClN3O3S. The highest BCUT2D eigenvalue weighted by atomic mass is 35.5. The number of aromatic nitrogens is 1. The molecule has 0 aliphatic carbocycles. The predicted molar refractivity (Wildman–Crippen MR) is 112 cm³/mol. The Morgan fingerprint density at radius 3 is 2.69 bits per heavy atom. The number of carbonyl (C=O) groups excluding carboxylic acids is 1. The summed E-state index contributed by atoms with van der Waals surface area (Å²) >= 11 is 7.29. The van der Waals surface area contributed by atoms with Gasteiger partial charge in [-0.25, -0.2) is 4.98 Å². The fourth-order valence-corrected chi connectivity index (χ4v) is 3.72. The second kappa shape index (κ2) is 7.95. The summed E-state index contributed by atoms with van der Waals surface area (Å²) in [6.07, 6.45) is 1.54. The molecule has 0 spiro atoms. The van der Waals surface area contributed by atoms with E-state index in [4.69, 9.17) is 21.1 Å². The smallest absolute Gasteiger partial charge is 0.231 e. The molecule has 3 aromatic rings. The Kier molecular flexibility index (Phi) is 5.21. The van der Waals surface area contributed by atoms with Crippen LogP contribution in [0.5, 0.6) is 11.5 Å². The Balaban J connectivity index is 1.62. The number of allylic oxidation sites excluding steroid dienone is 1. The van der Waals surface area contributed by atoms with Crippen LogP contribution in [0.15, 0.2) is 48.0 Å². The van der Waals surface area contributed by atoms with Gasteiger partial charge in [0.25, 0.3) is 0 Å². The number of Topliss-reactive ketones (excluding diaryl/α,β-unsaturated/α-hetero) is 1. The van der Waals surface area contributed by atoms with Gasteiger partial charge in [0.05, 0.1) is 11.4 Å². The third-order valence-corrected chi connectivity index (χ3v) is 5.39. The average molecular weight is 424 g/mol. The summed E-state index contributed by atoms with van der Waals surface area (Å²) in [5.74, 6) is 0.943. The van der Waals surface area contributed by atoms with Gasteiger partial charge in [-0.05, 0) is 25.1 Å². The van der Waals surface area contributed by atoms with Crippen LogP contribution in [0.1, 0.15) is 22.3 Å². The Morgan fingerprint density at radius 2 is 2.00 bits per heavy atom. The number of carbonyl (C=O) groups is 1. The van der Waals surface area contributed by atoms with Gasteiger partial charge < -0.3 is 14.8 Å². The average Bonchev–Trinajstić information content (AvgIpc) is 3.37. The molecule has 0 atom stereocenters. The summed E-state index contributed by atoms with van der Waals surface area (Å²) in [6.45, 7) is 1.58. The van der Waals surface area contributed by atoms with E-state index < -0.39 is 0 Å². The van der Waals surface area contributed by atoms with Gasteiger partial charge in [-0.2, -0.15) is 5.26 Å². The Morgan fingerprint density at radius 1 is 1.28 bits per heavy atom. The number of ketones is 1. The number of thiazole rings is 1. The summed E-state index contributed by atoms with van der Waals surface area (Å²) in [7, 11) is 0. The van der Waals surface area contributed by atoms with Crippen LogP contribution < -0.4 is 14.8 Å².